The second-order valence-electron chi connectivity index (χ2n) is 7.12. The van der Waals surface area contributed by atoms with Crippen molar-refractivity contribution < 1.29 is 19.1 Å². The van der Waals surface area contributed by atoms with Crippen LogP contribution in [0, 0.1) is 0 Å². The van der Waals surface area contributed by atoms with Crippen LogP contribution in [0.4, 0.5) is 17.1 Å². The number of nitrogens with one attached hydrogen (secondary N) is 2. The van der Waals surface area contributed by atoms with Crippen molar-refractivity contribution in [2.45, 2.75) is 0 Å². The van der Waals surface area contributed by atoms with E-state index in [9.17, 15) is 14.4 Å². The fraction of sp³-hybridized carbons (Fsp3) is 0.0417. The number of ether oxygens (including phenoxy) is 1. The fourth-order valence-electron chi connectivity index (χ4n) is 3.29. The average Bonchev–Trinajstić information content (AvgIpc) is 3.03. The average molecular weight is 517 g/mol. The number of benzene rings is 3. The third-order valence-corrected chi connectivity index (χ3v) is 5.75. The molecule has 4 rings (SSSR count). The summed E-state index contributed by atoms with van der Waals surface area (Å²) in [6.45, 7) is 0. The van der Waals surface area contributed by atoms with E-state index in [1.54, 1.807) is 60.7 Å². The Balaban J connectivity index is 1.55. The van der Waals surface area contributed by atoms with Crippen molar-refractivity contribution in [3.05, 3.63) is 93.1 Å². The Morgan fingerprint density at radius 1 is 0.882 bits per heavy atom. The minimum Gasteiger partial charge on any atom is -0.495 e. The topological polar surface area (TPSA) is 87.7 Å². The normalized spacial score (nSPS) is 13.4. The summed E-state index contributed by atoms with van der Waals surface area (Å²) in [6.07, 6.45) is 0. The zero-order chi connectivity index (χ0) is 24.4. The maximum Gasteiger partial charge on any atom is 0.283 e. The lowest BCUT2D eigenvalue weighted by atomic mass is 10.1. The Morgan fingerprint density at radius 2 is 1.59 bits per heavy atom. The van der Waals surface area contributed by atoms with Crippen LogP contribution in [-0.4, -0.2) is 24.8 Å². The number of hydrogen-bond acceptors (Lipinski definition) is 5. The summed E-state index contributed by atoms with van der Waals surface area (Å²) in [7, 11) is 1.48. The molecular weight excluding hydrogens is 501 g/mol. The van der Waals surface area contributed by atoms with Gasteiger partial charge in [-0.05, 0) is 60.7 Å². The predicted molar refractivity (Wildman–Crippen MR) is 133 cm³/mol. The largest absolute Gasteiger partial charge is 0.495 e. The van der Waals surface area contributed by atoms with Gasteiger partial charge in [0, 0.05) is 21.3 Å². The number of rotatable bonds is 6. The molecule has 0 saturated heterocycles. The van der Waals surface area contributed by atoms with Gasteiger partial charge in [0.05, 0.1) is 18.5 Å². The van der Waals surface area contributed by atoms with Crippen LogP contribution in [-0.2, 0) is 9.59 Å². The molecule has 1 aliphatic heterocycles. The van der Waals surface area contributed by atoms with E-state index in [0.29, 0.717) is 32.9 Å². The third kappa shape index (κ3) is 4.72. The zero-order valence-electron chi connectivity index (χ0n) is 17.6. The lowest BCUT2D eigenvalue weighted by Gasteiger charge is -2.15. The van der Waals surface area contributed by atoms with Gasteiger partial charge in [-0.15, -0.1) is 0 Å². The highest BCUT2D eigenvalue weighted by molar-refractivity contribution is 6.53. The van der Waals surface area contributed by atoms with Crippen LogP contribution in [0.5, 0.6) is 5.75 Å². The van der Waals surface area contributed by atoms with E-state index in [4.69, 9.17) is 39.5 Å². The summed E-state index contributed by atoms with van der Waals surface area (Å²) in [5, 5.41) is 6.23. The molecule has 0 unspecified atom stereocenters. The smallest absolute Gasteiger partial charge is 0.283 e. The molecule has 3 aromatic carbocycles. The summed E-state index contributed by atoms with van der Waals surface area (Å²) >= 11 is 18.1. The molecule has 0 atom stereocenters. The van der Waals surface area contributed by atoms with E-state index in [1.807, 2.05) is 0 Å². The minimum absolute atomic E-state index is 0.101. The quantitative estimate of drug-likeness (QED) is 0.411. The summed E-state index contributed by atoms with van der Waals surface area (Å²) in [4.78, 5) is 39.3. The van der Waals surface area contributed by atoms with E-state index >= 15 is 0 Å². The van der Waals surface area contributed by atoms with E-state index in [2.05, 4.69) is 10.6 Å². The van der Waals surface area contributed by atoms with Crippen LogP contribution >= 0.6 is 34.8 Å². The number of carbonyl (C=O) groups excluding carboxylic acids is 3. The van der Waals surface area contributed by atoms with Crippen molar-refractivity contribution in [3.8, 4) is 5.75 Å². The lowest BCUT2D eigenvalue weighted by molar-refractivity contribution is -0.120. The van der Waals surface area contributed by atoms with E-state index in [0.717, 1.165) is 4.90 Å². The Labute approximate surface area is 209 Å². The van der Waals surface area contributed by atoms with Gasteiger partial charge in [0.15, 0.2) is 0 Å². The molecule has 0 aromatic heterocycles. The molecule has 0 fully saturated rings. The van der Waals surface area contributed by atoms with Gasteiger partial charge in [0.2, 0.25) is 0 Å². The summed E-state index contributed by atoms with van der Waals surface area (Å²) in [6, 6.07) is 17.4. The van der Waals surface area contributed by atoms with Crippen molar-refractivity contribution >= 4 is 69.6 Å². The van der Waals surface area contributed by atoms with Crippen LogP contribution in [0.1, 0.15) is 10.4 Å². The molecule has 0 bridgehead atoms. The van der Waals surface area contributed by atoms with E-state index in [1.165, 1.54) is 13.2 Å². The van der Waals surface area contributed by atoms with Crippen LogP contribution in [0.15, 0.2) is 77.5 Å². The van der Waals surface area contributed by atoms with Gasteiger partial charge < -0.3 is 15.4 Å². The number of halogens is 3. The number of carbonyl (C=O) groups is 3. The van der Waals surface area contributed by atoms with Gasteiger partial charge in [-0.25, -0.2) is 4.90 Å². The van der Waals surface area contributed by atoms with Gasteiger partial charge >= 0.3 is 0 Å². The molecule has 2 N–H and O–H groups in total. The van der Waals surface area contributed by atoms with E-state index in [-0.39, 0.29) is 16.3 Å². The van der Waals surface area contributed by atoms with Gasteiger partial charge in [0.25, 0.3) is 17.7 Å². The number of anilines is 3. The monoisotopic (exact) mass is 515 g/mol. The van der Waals surface area contributed by atoms with Crippen LogP contribution in [0.25, 0.3) is 0 Å². The number of imide groups is 1. The molecule has 1 heterocycles. The van der Waals surface area contributed by atoms with Gasteiger partial charge in [-0.2, -0.15) is 0 Å². The number of hydrogen-bond donors (Lipinski definition) is 2. The predicted octanol–water partition coefficient (Wildman–Crippen LogP) is 5.69. The Kier molecular flexibility index (Phi) is 6.79. The fourth-order valence-corrected chi connectivity index (χ4v) is 3.80. The van der Waals surface area contributed by atoms with Crippen molar-refractivity contribution in [2.24, 2.45) is 0 Å². The molecule has 3 aromatic rings. The highest BCUT2D eigenvalue weighted by Crippen LogP contribution is 2.31. The Bertz CT molecular complexity index is 1340. The Morgan fingerprint density at radius 3 is 2.29 bits per heavy atom. The molecule has 34 heavy (non-hydrogen) atoms. The zero-order valence-corrected chi connectivity index (χ0v) is 19.8. The Hall–Kier alpha value is -3.52. The number of nitrogens with zero attached hydrogens (tertiary/aromatic N) is 1. The van der Waals surface area contributed by atoms with Crippen molar-refractivity contribution in [3.63, 3.8) is 0 Å². The molecule has 3 amide bonds. The van der Waals surface area contributed by atoms with Crippen LogP contribution in [0.3, 0.4) is 0 Å². The molecule has 172 valence electrons. The second kappa shape index (κ2) is 9.77. The van der Waals surface area contributed by atoms with Gasteiger partial charge in [0.1, 0.15) is 16.5 Å². The highest BCUT2D eigenvalue weighted by Gasteiger charge is 2.39. The molecule has 0 radical (unpaired) electrons. The van der Waals surface area contributed by atoms with Crippen molar-refractivity contribution in [1.29, 1.82) is 0 Å². The van der Waals surface area contributed by atoms with Crippen molar-refractivity contribution in [1.82, 2.24) is 0 Å². The molecule has 0 spiro atoms. The highest BCUT2D eigenvalue weighted by atomic mass is 35.5. The van der Waals surface area contributed by atoms with Gasteiger partial charge in [-0.1, -0.05) is 40.9 Å². The summed E-state index contributed by atoms with van der Waals surface area (Å²) < 4.78 is 5.25. The van der Waals surface area contributed by atoms with Crippen LogP contribution in [0.2, 0.25) is 10.0 Å². The molecule has 1 aliphatic rings. The third-order valence-electron chi connectivity index (χ3n) is 4.92. The molecule has 10 heteroatoms. The summed E-state index contributed by atoms with van der Waals surface area (Å²) in [5.41, 5.74) is 1.31. The first kappa shape index (κ1) is 23.6. The SMILES string of the molecule is COc1ccc(Cl)cc1NC(=O)c1cccc(NC2=C(Cl)C(=O)N(c3ccc(Cl)cc3)C2=O)c1. The maximum absolute atomic E-state index is 12.9. The first-order chi connectivity index (χ1) is 16.3. The summed E-state index contributed by atoms with van der Waals surface area (Å²) in [5.74, 6) is -1.28. The maximum atomic E-state index is 12.9. The molecule has 0 saturated carbocycles. The second-order valence-corrected chi connectivity index (χ2v) is 8.37. The van der Waals surface area contributed by atoms with E-state index < -0.39 is 17.7 Å². The minimum atomic E-state index is -0.668. The first-order valence-electron chi connectivity index (χ1n) is 9.84. The number of methoxy groups -OCH3 is 1. The molecule has 0 aliphatic carbocycles. The molecular formula is C24H16Cl3N3O4. The van der Waals surface area contributed by atoms with Gasteiger partial charge in [-0.3, -0.25) is 14.4 Å². The lowest BCUT2D eigenvalue weighted by Crippen LogP contribution is -2.32. The number of amides is 3. The standard InChI is InChI=1S/C24H16Cl3N3O4/c1-34-19-10-7-15(26)12-18(19)29-22(31)13-3-2-4-16(11-13)28-21-20(27)23(32)30(24(21)33)17-8-5-14(25)6-9-17/h2-12,28H,1H3,(H,29,31). The van der Waals surface area contributed by atoms with Crippen LogP contribution < -0.4 is 20.3 Å². The first-order valence-corrected chi connectivity index (χ1v) is 11.0. The van der Waals surface area contributed by atoms with Crippen molar-refractivity contribution in [2.75, 3.05) is 22.6 Å². The molecule has 7 nitrogen and oxygen atoms in total.